The van der Waals surface area contributed by atoms with Crippen molar-refractivity contribution in [2.24, 2.45) is 0 Å². The average Bonchev–Trinajstić information content (AvgIpc) is 3.15. The number of nitrogens with one attached hydrogen (secondary N) is 1. The van der Waals surface area contributed by atoms with Crippen molar-refractivity contribution in [3.63, 3.8) is 0 Å². The number of aryl methyl sites for hydroxylation is 1. The number of hydrogen-bond acceptors (Lipinski definition) is 5. The molecule has 8 heteroatoms. The lowest BCUT2D eigenvalue weighted by Crippen LogP contribution is -2.36. The second kappa shape index (κ2) is 7.57. The van der Waals surface area contributed by atoms with E-state index < -0.39 is 9.84 Å². The van der Waals surface area contributed by atoms with Crippen LogP contribution in [0.2, 0.25) is 0 Å². The molecule has 1 aromatic carbocycles. The van der Waals surface area contributed by atoms with Crippen molar-refractivity contribution >= 4 is 15.7 Å². The van der Waals surface area contributed by atoms with Crippen LogP contribution in [0.25, 0.3) is 5.69 Å². The third kappa shape index (κ3) is 4.12. The van der Waals surface area contributed by atoms with Crippen LogP contribution in [0.1, 0.15) is 47.9 Å². The van der Waals surface area contributed by atoms with Crippen LogP contribution < -0.4 is 5.32 Å². The van der Waals surface area contributed by atoms with E-state index in [4.69, 9.17) is 0 Å². The highest BCUT2D eigenvalue weighted by atomic mass is 32.2. The molecule has 1 saturated heterocycles. The van der Waals surface area contributed by atoms with E-state index in [1.807, 2.05) is 12.1 Å². The monoisotopic (exact) mass is 376 g/mol. The zero-order valence-electron chi connectivity index (χ0n) is 15.1. The first-order valence-corrected chi connectivity index (χ1v) is 10.7. The minimum absolute atomic E-state index is 0.00878. The van der Waals surface area contributed by atoms with Crippen molar-refractivity contribution in [2.45, 2.75) is 45.6 Å². The number of hydrogen-bond donors (Lipinski definition) is 1. The van der Waals surface area contributed by atoms with Crippen molar-refractivity contribution in [2.75, 3.05) is 11.5 Å². The molecular formula is C18H24N4O3S. The van der Waals surface area contributed by atoms with Crippen molar-refractivity contribution in [3.05, 3.63) is 41.2 Å². The molecule has 0 radical (unpaired) electrons. The fourth-order valence-electron chi connectivity index (χ4n) is 3.13. The van der Waals surface area contributed by atoms with E-state index in [1.54, 1.807) is 11.6 Å². The molecule has 1 fully saturated rings. The van der Waals surface area contributed by atoms with Crippen molar-refractivity contribution in [1.29, 1.82) is 0 Å². The molecule has 1 aromatic heterocycles. The summed E-state index contributed by atoms with van der Waals surface area (Å²) in [5, 5.41) is 10.8. The van der Waals surface area contributed by atoms with E-state index >= 15 is 0 Å². The second-order valence-electron chi connectivity index (χ2n) is 6.78. The number of benzene rings is 1. The van der Waals surface area contributed by atoms with Gasteiger partial charge in [0.05, 0.1) is 22.9 Å². The Morgan fingerprint density at radius 3 is 2.65 bits per heavy atom. The molecule has 1 amide bonds. The number of nitrogens with zero attached hydrogens (tertiary/aromatic N) is 3. The Kier molecular flexibility index (Phi) is 5.41. The molecule has 1 atom stereocenters. The van der Waals surface area contributed by atoms with Crippen molar-refractivity contribution < 1.29 is 13.2 Å². The van der Waals surface area contributed by atoms with Gasteiger partial charge in [-0.25, -0.2) is 13.1 Å². The molecule has 7 nitrogen and oxygen atoms in total. The van der Waals surface area contributed by atoms with Crippen molar-refractivity contribution in [3.8, 4) is 5.69 Å². The van der Waals surface area contributed by atoms with Crippen LogP contribution in [-0.2, 0) is 16.3 Å². The van der Waals surface area contributed by atoms with E-state index in [2.05, 4.69) is 34.7 Å². The maximum Gasteiger partial charge on any atom is 0.274 e. The molecule has 0 unspecified atom stereocenters. The number of amides is 1. The first kappa shape index (κ1) is 18.6. The molecule has 0 aliphatic carbocycles. The summed E-state index contributed by atoms with van der Waals surface area (Å²) in [5.74, 6) is -0.269. The largest absolute Gasteiger partial charge is 0.347 e. The van der Waals surface area contributed by atoms with Gasteiger partial charge < -0.3 is 5.32 Å². The molecular weight excluding hydrogens is 352 g/mol. The van der Waals surface area contributed by atoms with Gasteiger partial charge in [-0.3, -0.25) is 4.79 Å². The Hall–Kier alpha value is -2.22. The van der Waals surface area contributed by atoms with Crippen molar-refractivity contribution in [1.82, 2.24) is 20.3 Å². The van der Waals surface area contributed by atoms with Crippen LogP contribution in [0.15, 0.2) is 24.3 Å². The highest BCUT2D eigenvalue weighted by Gasteiger charge is 2.30. The molecule has 2 aromatic rings. The van der Waals surface area contributed by atoms with Crippen LogP contribution >= 0.6 is 0 Å². The van der Waals surface area contributed by atoms with Crippen LogP contribution in [0, 0.1) is 6.92 Å². The van der Waals surface area contributed by atoms with E-state index in [1.165, 1.54) is 5.56 Å². The molecule has 140 valence electrons. The Bertz CT molecular complexity index is 888. The van der Waals surface area contributed by atoms with Crippen LogP contribution in [0.5, 0.6) is 0 Å². The Morgan fingerprint density at radius 1 is 1.31 bits per heavy atom. The summed E-state index contributed by atoms with van der Waals surface area (Å²) in [6.45, 7) is 3.95. The quantitative estimate of drug-likeness (QED) is 0.830. The van der Waals surface area contributed by atoms with E-state index in [0.29, 0.717) is 12.1 Å². The van der Waals surface area contributed by atoms with Gasteiger partial charge in [-0.05, 0) is 43.9 Å². The zero-order chi connectivity index (χ0) is 18.7. The fraction of sp³-hybridized carbons (Fsp3) is 0.500. The summed E-state index contributed by atoms with van der Waals surface area (Å²) in [5.41, 5.74) is 2.97. The smallest absolute Gasteiger partial charge is 0.274 e. The number of unbranched alkanes of at least 4 members (excludes halogenated alkanes) is 1. The normalized spacial score (nSPS) is 18.8. The summed E-state index contributed by atoms with van der Waals surface area (Å²) in [6.07, 6.45) is 3.80. The third-order valence-corrected chi connectivity index (χ3v) is 6.45. The van der Waals surface area contributed by atoms with Crippen LogP contribution in [0.4, 0.5) is 0 Å². The molecule has 0 spiro atoms. The predicted octanol–water partition coefficient (Wildman–Crippen LogP) is 1.84. The standard InChI is InChI=1S/C18H24N4O3S/c1-3-4-5-14-6-8-16(9-7-14)22-13(2)17(20-21-22)18(23)19-15-10-11-26(24,25)12-15/h6-9,15H,3-5,10-12H2,1-2H3,(H,19,23)/t15-/m0/s1. The average molecular weight is 376 g/mol. The molecule has 0 bridgehead atoms. The first-order chi connectivity index (χ1) is 12.4. The van der Waals surface area contributed by atoms with Crippen LogP contribution in [0.3, 0.4) is 0 Å². The fourth-order valence-corrected chi connectivity index (χ4v) is 4.80. The molecule has 26 heavy (non-hydrogen) atoms. The maximum atomic E-state index is 12.4. The highest BCUT2D eigenvalue weighted by molar-refractivity contribution is 7.91. The molecule has 2 heterocycles. The SMILES string of the molecule is CCCCc1ccc(-n2nnc(C(=O)N[C@H]3CCS(=O)(=O)C3)c2C)cc1. The number of carbonyl (C=O) groups is 1. The Labute approximate surface area is 153 Å². The molecule has 1 N–H and O–H groups in total. The summed E-state index contributed by atoms with van der Waals surface area (Å²) in [4.78, 5) is 12.4. The highest BCUT2D eigenvalue weighted by Crippen LogP contribution is 2.16. The second-order valence-corrected chi connectivity index (χ2v) is 9.01. The number of sulfone groups is 1. The summed E-state index contributed by atoms with van der Waals surface area (Å²) in [6, 6.07) is 7.72. The van der Waals surface area contributed by atoms with Gasteiger partial charge in [0.15, 0.2) is 15.5 Å². The maximum absolute atomic E-state index is 12.4. The number of carbonyl (C=O) groups excluding carboxylic acids is 1. The van der Waals surface area contributed by atoms with Gasteiger partial charge in [0, 0.05) is 6.04 Å². The van der Waals surface area contributed by atoms with Gasteiger partial charge in [0.2, 0.25) is 0 Å². The van der Waals surface area contributed by atoms with Gasteiger partial charge in [-0.2, -0.15) is 0 Å². The predicted molar refractivity (Wildman–Crippen MR) is 99.2 cm³/mol. The number of rotatable bonds is 6. The molecule has 0 saturated carbocycles. The van der Waals surface area contributed by atoms with Gasteiger partial charge in [-0.1, -0.05) is 30.7 Å². The lowest BCUT2D eigenvalue weighted by atomic mass is 10.1. The lowest BCUT2D eigenvalue weighted by Gasteiger charge is -2.10. The minimum atomic E-state index is -3.04. The van der Waals surface area contributed by atoms with Crippen LogP contribution in [-0.4, -0.2) is 46.9 Å². The van der Waals surface area contributed by atoms with Gasteiger partial charge in [-0.15, -0.1) is 5.10 Å². The Balaban J connectivity index is 1.72. The molecule has 1 aliphatic rings. The van der Waals surface area contributed by atoms with E-state index in [-0.39, 0.29) is 29.1 Å². The van der Waals surface area contributed by atoms with Gasteiger partial charge >= 0.3 is 0 Å². The van der Waals surface area contributed by atoms with Gasteiger partial charge in [0.1, 0.15) is 0 Å². The van der Waals surface area contributed by atoms with Gasteiger partial charge in [0.25, 0.3) is 5.91 Å². The summed E-state index contributed by atoms with van der Waals surface area (Å²) in [7, 11) is -3.04. The lowest BCUT2D eigenvalue weighted by molar-refractivity contribution is 0.0935. The van der Waals surface area contributed by atoms with E-state index in [9.17, 15) is 13.2 Å². The molecule has 1 aliphatic heterocycles. The van der Waals surface area contributed by atoms with E-state index in [0.717, 1.165) is 24.9 Å². The zero-order valence-corrected chi connectivity index (χ0v) is 15.9. The summed E-state index contributed by atoms with van der Waals surface area (Å²) < 4.78 is 24.7. The molecule has 3 rings (SSSR count). The third-order valence-electron chi connectivity index (χ3n) is 4.68. The summed E-state index contributed by atoms with van der Waals surface area (Å²) >= 11 is 0. The Morgan fingerprint density at radius 2 is 2.04 bits per heavy atom. The minimum Gasteiger partial charge on any atom is -0.347 e. The topological polar surface area (TPSA) is 93.9 Å². The number of aromatic nitrogens is 3. The first-order valence-electron chi connectivity index (χ1n) is 8.92.